The van der Waals surface area contributed by atoms with Crippen LogP contribution >= 0.6 is 0 Å². The van der Waals surface area contributed by atoms with Crippen molar-refractivity contribution in [3.63, 3.8) is 0 Å². The number of aromatic nitrogens is 3. The van der Waals surface area contributed by atoms with Gasteiger partial charge in [-0.25, -0.2) is 9.97 Å². The van der Waals surface area contributed by atoms with Gasteiger partial charge in [-0.1, -0.05) is 0 Å². The van der Waals surface area contributed by atoms with Crippen LogP contribution in [0.4, 0.5) is 5.95 Å². The quantitative estimate of drug-likeness (QED) is 0.752. The molecule has 5 nitrogen and oxygen atoms in total. The van der Waals surface area contributed by atoms with E-state index in [1.807, 2.05) is 37.8 Å². The van der Waals surface area contributed by atoms with Gasteiger partial charge in [0.25, 0.3) is 0 Å². The molecule has 18 heavy (non-hydrogen) atoms. The summed E-state index contributed by atoms with van der Waals surface area (Å²) in [4.78, 5) is 11.7. The van der Waals surface area contributed by atoms with Gasteiger partial charge >= 0.3 is 0 Å². The Labute approximate surface area is 107 Å². The van der Waals surface area contributed by atoms with Crippen LogP contribution in [0.25, 0.3) is 11.3 Å². The van der Waals surface area contributed by atoms with E-state index in [1.54, 1.807) is 0 Å². The van der Waals surface area contributed by atoms with Gasteiger partial charge in [0.2, 0.25) is 5.95 Å². The third-order valence-corrected chi connectivity index (χ3v) is 2.93. The van der Waals surface area contributed by atoms with E-state index in [9.17, 15) is 0 Å². The fourth-order valence-corrected chi connectivity index (χ4v) is 1.46. The molecule has 0 aromatic carbocycles. The summed E-state index contributed by atoms with van der Waals surface area (Å²) in [6.45, 7) is 5.01. The van der Waals surface area contributed by atoms with Gasteiger partial charge in [0, 0.05) is 41.9 Å². The van der Waals surface area contributed by atoms with Crippen molar-refractivity contribution in [3.8, 4) is 11.3 Å². The van der Waals surface area contributed by atoms with Gasteiger partial charge in [-0.3, -0.25) is 0 Å². The molecule has 96 valence electrons. The molecule has 0 spiro atoms. The molecule has 0 fully saturated rings. The maximum absolute atomic E-state index is 4.30. The van der Waals surface area contributed by atoms with Gasteiger partial charge in [0.1, 0.15) is 0 Å². The summed E-state index contributed by atoms with van der Waals surface area (Å²) in [6.07, 6.45) is 5.51. The number of hydrogen-bond acceptors (Lipinski definition) is 4. The average Bonchev–Trinajstić information content (AvgIpc) is 2.91. The lowest BCUT2D eigenvalue weighted by Crippen LogP contribution is -2.43. The van der Waals surface area contributed by atoms with Crippen LogP contribution in [-0.4, -0.2) is 34.1 Å². The molecule has 2 aromatic rings. The molecule has 0 saturated carbocycles. The van der Waals surface area contributed by atoms with Crippen LogP contribution in [0.2, 0.25) is 0 Å². The van der Waals surface area contributed by atoms with E-state index >= 15 is 0 Å². The van der Waals surface area contributed by atoms with E-state index < -0.39 is 0 Å². The molecule has 0 radical (unpaired) electrons. The van der Waals surface area contributed by atoms with Crippen molar-refractivity contribution in [1.82, 2.24) is 20.3 Å². The molecular weight excluding hydrogens is 226 g/mol. The van der Waals surface area contributed by atoms with E-state index in [-0.39, 0.29) is 5.54 Å². The highest BCUT2D eigenvalue weighted by Gasteiger charge is 2.14. The fourth-order valence-electron chi connectivity index (χ4n) is 1.46. The first-order valence-corrected chi connectivity index (χ1v) is 5.99. The third-order valence-electron chi connectivity index (χ3n) is 2.93. The molecule has 3 N–H and O–H groups in total. The molecule has 5 heteroatoms. The van der Waals surface area contributed by atoms with Crippen LogP contribution in [0.5, 0.6) is 0 Å². The Morgan fingerprint density at radius 1 is 1.28 bits per heavy atom. The second-order valence-electron chi connectivity index (χ2n) is 4.87. The van der Waals surface area contributed by atoms with E-state index in [2.05, 4.69) is 39.4 Å². The van der Waals surface area contributed by atoms with E-state index in [4.69, 9.17) is 0 Å². The second kappa shape index (κ2) is 5.18. The first-order chi connectivity index (χ1) is 8.61. The van der Waals surface area contributed by atoms with Gasteiger partial charge in [-0.15, -0.1) is 0 Å². The Kier molecular flexibility index (Phi) is 3.62. The Morgan fingerprint density at radius 2 is 2.00 bits per heavy atom. The van der Waals surface area contributed by atoms with Crippen LogP contribution < -0.4 is 10.6 Å². The van der Waals surface area contributed by atoms with E-state index in [1.165, 1.54) is 0 Å². The topological polar surface area (TPSA) is 65.6 Å². The van der Waals surface area contributed by atoms with Crippen LogP contribution in [0.15, 0.2) is 30.7 Å². The summed E-state index contributed by atoms with van der Waals surface area (Å²) in [7, 11) is 1.94. The fraction of sp³-hybridized carbons (Fsp3) is 0.385. The first-order valence-electron chi connectivity index (χ1n) is 5.99. The summed E-state index contributed by atoms with van der Waals surface area (Å²) in [5, 5.41) is 6.44. The number of hydrogen-bond donors (Lipinski definition) is 3. The SMILES string of the molecule is CNC(C)(C)CNc1ncc(-c2ccc[nH]2)cn1. The summed E-state index contributed by atoms with van der Waals surface area (Å²) >= 11 is 0. The number of nitrogens with one attached hydrogen (secondary N) is 3. The standard InChI is InChI=1S/C13H19N5/c1-13(2,14-3)9-18-12-16-7-10(8-17-12)11-5-4-6-15-11/h4-8,14-15H,9H2,1-3H3,(H,16,17,18). The van der Waals surface area contributed by atoms with Crippen molar-refractivity contribution in [2.24, 2.45) is 0 Å². The van der Waals surface area contributed by atoms with E-state index in [0.29, 0.717) is 5.95 Å². The van der Waals surface area contributed by atoms with E-state index in [0.717, 1.165) is 17.8 Å². The third kappa shape index (κ3) is 3.07. The Bertz CT molecular complexity index is 473. The molecule has 0 aliphatic carbocycles. The molecule has 2 heterocycles. The highest BCUT2D eigenvalue weighted by molar-refractivity contribution is 5.57. The minimum Gasteiger partial charge on any atom is -0.361 e. The Morgan fingerprint density at radius 3 is 2.56 bits per heavy atom. The number of nitrogens with zero attached hydrogens (tertiary/aromatic N) is 2. The number of aromatic amines is 1. The first kappa shape index (κ1) is 12.6. The predicted molar refractivity (Wildman–Crippen MR) is 73.4 cm³/mol. The van der Waals surface area contributed by atoms with Crippen LogP contribution in [0.3, 0.4) is 0 Å². The zero-order chi connectivity index (χ0) is 13.0. The molecule has 0 aliphatic rings. The lowest BCUT2D eigenvalue weighted by Gasteiger charge is -2.24. The van der Waals surface area contributed by atoms with Crippen molar-refractivity contribution >= 4 is 5.95 Å². The number of rotatable bonds is 5. The van der Waals surface area contributed by atoms with Gasteiger partial charge in [-0.2, -0.15) is 0 Å². The van der Waals surface area contributed by atoms with Crippen molar-refractivity contribution in [1.29, 1.82) is 0 Å². The summed E-state index contributed by atoms with van der Waals surface area (Å²) < 4.78 is 0. The largest absolute Gasteiger partial charge is 0.361 e. The molecule has 0 saturated heterocycles. The smallest absolute Gasteiger partial charge is 0.222 e. The molecule has 0 aliphatic heterocycles. The predicted octanol–water partition coefficient (Wildman–Crippen LogP) is 1.88. The zero-order valence-electron chi connectivity index (χ0n) is 11.0. The highest BCUT2D eigenvalue weighted by Crippen LogP contribution is 2.15. The van der Waals surface area contributed by atoms with Crippen molar-refractivity contribution in [3.05, 3.63) is 30.7 Å². The lowest BCUT2D eigenvalue weighted by molar-refractivity contribution is 0.447. The van der Waals surface area contributed by atoms with Crippen molar-refractivity contribution in [2.45, 2.75) is 19.4 Å². The molecular formula is C13H19N5. The average molecular weight is 245 g/mol. The summed E-state index contributed by atoms with van der Waals surface area (Å²) in [5.41, 5.74) is 2.03. The van der Waals surface area contributed by atoms with Gasteiger partial charge in [-0.05, 0) is 33.0 Å². The molecule has 0 atom stereocenters. The zero-order valence-corrected chi connectivity index (χ0v) is 11.0. The van der Waals surface area contributed by atoms with Crippen LogP contribution in [0.1, 0.15) is 13.8 Å². The maximum atomic E-state index is 4.30. The monoisotopic (exact) mass is 245 g/mol. The number of likely N-dealkylation sites (N-methyl/N-ethyl adjacent to an activating group) is 1. The maximum Gasteiger partial charge on any atom is 0.222 e. The van der Waals surface area contributed by atoms with Gasteiger partial charge < -0.3 is 15.6 Å². The Hall–Kier alpha value is -1.88. The minimum atomic E-state index is 0.0154. The van der Waals surface area contributed by atoms with Crippen molar-refractivity contribution in [2.75, 3.05) is 18.9 Å². The van der Waals surface area contributed by atoms with Crippen molar-refractivity contribution < 1.29 is 0 Å². The summed E-state index contributed by atoms with van der Waals surface area (Å²) in [6, 6.07) is 3.95. The summed E-state index contributed by atoms with van der Waals surface area (Å²) in [5.74, 6) is 0.647. The number of H-pyrrole nitrogens is 1. The minimum absolute atomic E-state index is 0.0154. The highest BCUT2D eigenvalue weighted by atomic mass is 15.1. The van der Waals surface area contributed by atoms with Crippen LogP contribution in [-0.2, 0) is 0 Å². The van der Waals surface area contributed by atoms with Crippen LogP contribution in [0, 0.1) is 0 Å². The number of anilines is 1. The molecule has 2 rings (SSSR count). The molecule has 0 unspecified atom stereocenters. The molecule has 2 aromatic heterocycles. The van der Waals surface area contributed by atoms with Gasteiger partial charge in [0.05, 0.1) is 0 Å². The Balaban J connectivity index is 2.00. The second-order valence-corrected chi connectivity index (χ2v) is 4.87. The molecule has 0 amide bonds. The normalized spacial score (nSPS) is 11.5. The lowest BCUT2D eigenvalue weighted by atomic mass is 10.1. The molecule has 0 bridgehead atoms. The van der Waals surface area contributed by atoms with Gasteiger partial charge in [0.15, 0.2) is 0 Å².